The maximum Gasteiger partial charge on any atom is 0.231 e. The van der Waals surface area contributed by atoms with Crippen molar-refractivity contribution in [1.29, 1.82) is 0 Å². The first-order valence-corrected chi connectivity index (χ1v) is 5.60. The fraction of sp³-hybridized carbons (Fsp3) is 0.0714. The van der Waals surface area contributed by atoms with Gasteiger partial charge in [-0.1, -0.05) is 12.1 Å². The predicted octanol–water partition coefficient (Wildman–Crippen LogP) is 3.09. The number of phenolic OH excluding ortho intramolecular Hbond substituents is 1. The number of hydrogen-bond donors (Lipinski definition) is 2. The fourth-order valence-electron chi connectivity index (χ4n) is 1.96. The number of aromatic nitrogens is 1. The van der Waals surface area contributed by atoms with Crippen molar-refractivity contribution in [3.8, 4) is 17.2 Å². The summed E-state index contributed by atoms with van der Waals surface area (Å²) in [5, 5.41) is 10.0. The van der Waals surface area contributed by atoms with E-state index in [1.54, 1.807) is 19.1 Å². The molecule has 3 rings (SSSR count). The minimum Gasteiger partial charge on any atom is -0.507 e. The number of hydrogen-bond acceptors (Lipinski definition) is 4. The third-order valence-corrected chi connectivity index (χ3v) is 2.85. The zero-order valence-corrected chi connectivity index (χ0v) is 9.84. The van der Waals surface area contributed by atoms with E-state index in [1.165, 1.54) is 0 Å². The van der Waals surface area contributed by atoms with Gasteiger partial charge in [0.05, 0.1) is 5.56 Å². The summed E-state index contributed by atoms with van der Waals surface area (Å²) >= 11 is 0. The number of nitrogens with two attached hydrogens (primary N) is 1. The third-order valence-electron chi connectivity index (χ3n) is 2.85. The maximum atomic E-state index is 10.0. The van der Waals surface area contributed by atoms with Crippen LogP contribution in [0.25, 0.3) is 22.6 Å². The zero-order valence-electron chi connectivity index (χ0n) is 9.84. The van der Waals surface area contributed by atoms with Crippen molar-refractivity contribution in [2.75, 3.05) is 5.73 Å². The highest BCUT2D eigenvalue weighted by Gasteiger charge is 2.14. The molecule has 1 heterocycles. The molecule has 0 bridgehead atoms. The van der Waals surface area contributed by atoms with Gasteiger partial charge in [0.2, 0.25) is 5.89 Å². The number of nitrogens with zero attached hydrogens (tertiary/aromatic N) is 1. The van der Waals surface area contributed by atoms with Gasteiger partial charge in [-0.25, -0.2) is 4.98 Å². The largest absolute Gasteiger partial charge is 0.507 e. The molecule has 0 atom stereocenters. The molecule has 90 valence electrons. The molecule has 4 nitrogen and oxygen atoms in total. The van der Waals surface area contributed by atoms with Crippen LogP contribution in [0.2, 0.25) is 0 Å². The molecule has 0 saturated heterocycles. The lowest BCUT2D eigenvalue weighted by Gasteiger charge is -2.05. The summed E-state index contributed by atoms with van der Waals surface area (Å²) in [5.41, 5.74) is 9.01. The highest BCUT2D eigenvalue weighted by atomic mass is 16.3. The molecular formula is C14H12N2O2. The summed E-state index contributed by atoms with van der Waals surface area (Å²) in [4.78, 5) is 4.34. The number of nitrogen functional groups attached to an aromatic ring is 1. The maximum absolute atomic E-state index is 10.0. The molecule has 3 N–H and O–H groups in total. The Morgan fingerprint density at radius 3 is 2.78 bits per heavy atom. The van der Waals surface area contributed by atoms with E-state index in [4.69, 9.17) is 10.2 Å². The van der Waals surface area contributed by atoms with Gasteiger partial charge in [0.15, 0.2) is 5.58 Å². The standard InChI is InChI=1S/C14H12N2O2/c1-8-6-9(15)7-10(13(8)17)14-16-11-4-2-3-5-12(11)18-14/h2-7,17H,15H2,1H3. The summed E-state index contributed by atoms with van der Waals surface area (Å²) in [6.45, 7) is 1.79. The number of aryl methyl sites for hydroxylation is 1. The summed E-state index contributed by atoms with van der Waals surface area (Å²) in [6.07, 6.45) is 0. The van der Waals surface area contributed by atoms with Gasteiger partial charge in [-0.2, -0.15) is 0 Å². The topological polar surface area (TPSA) is 72.3 Å². The number of anilines is 1. The lowest BCUT2D eigenvalue weighted by atomic mass is 10.1. The van der Waals surface area contributed by atoms with Crippen molar-refractivity contribution in [3.63, 3.8) is 0 Å². The highest BCUT2D eigenvalue weighted by molar-refractivity contribution is 5.78. The van der Waals surface area contributed by atoms with Crippen LogP contribution < -0.4 is 5.73 Å². The molecule has 0 amide bonds. The molecule has 1 aromatic heterocycles. The highest BCUT2D eigenvalue weighted by Crippen LogP contribution is 2.35. The molecule has 0 unspecified atom stereocenters. The molecule has 2 aromatic carbocycles. The first-order chi connectivity index (χ1) is 8.65. The Labute approximate surface area is 104 Å². The SMILES string of the molecule is Cc1cc(N)cc(-c2nc3ccccc3o2)c1O. The molecule has 3 aromatic rings. The number of benzene rings is 2. The van der Waals surface area contributed by atoms with Gasteiger partial charge < -0.3 is 15.3 Å². The lowest BCUT2D eigenvalue weighted by Crippen LogP contribution is -1.89. The number of fused-ring (bicyclic) bond motifs is 1. The van der Waals surface area contributed by atoms with Gasteiger partial charge >= 0.3 is 0 Å². The Morgan fingerprint density at radius 1 is 1.22 bits per heavy atom. The van der Waals surface area contributed by atoms with Crippen molar-refractivity contribution in [2.24, 2.45) is 0 Å². The zero-order chi connectivity index (χ0) is 12.7. The van der Waals surface area contributed by atoms with Crippen molar-refractivity contribution in [1.82, 2.24) is 4.98 Å². The number of phenols is 1. The number of rotatable bonds is 1. The van der Waals surface area contributed by atoms with E-state index in [2.05, 4.69) is 4.98 Å². The van der Waals surface area contributed by atoms with Gasteiger partial charge in [-0.05, 0) is 36.8 Å². The van der Waals surface area contributed by atoms with Gasteiger partial charge in [0.25, 0.3) is 0 Å². The normalized spacial score (nSPS) is 10.9. The van der Waals surface area contributed by atoms with Crippen molar-refractivity contribution >= 4 is 16.8 Å². The van der Waals surface area contributed by atoms with Crippen LogP contribution in [-0.4, -0.2) is 10.1 Å². The molecule has 0 spiro atoms. The van der Waals surface area contributed by atoms with E-state index in [0.29, 0.717) is 28.3 Å². The average molecular weight is 240 g/mol. The Kier molecular flexibility index (Phi) is 2.23. The molecule has 18 heavy (non-hydrogen) atoms. The van der Waals surface area contributed by atoms with Crippen LogP contribution in [0.3, 0.4) is 0 Å². The first kappa shape index (κ1) is 10.7. The van der Waals surface area contributed by atoms with E-state index in [9.17, 15) is 5.11 Å². The summed E-state index contributed by atoms with van der Waals surface area (Å²) in [7, 11) is 0. The summed E-state index contributed by atoms with van der Waals surface area (Å²) in [5.74, 6) is 0.528. The lowest BCUT2D eigenvalue weighted by molar-refractivity contribution is 0.470. The Hall–Kier alpha value is -2.49. The van der Waals surface area contributed by atoms with Gasteiger partial charge in [0, 0.05) is 5.69 Å². The van der Waals surface area contributed by atoms with E-state index in [1.807, 2.05) is 24.3 Å². The Morgan fingerprint density at radius 2 is 2.00 bits per heavy atom. The van der Waals surface area contributed by atoms with E-state index in [0.717, 1.165) is 5.52 Å². The molecule has 0 saturated carbocycles. The predicted molar refractivity (Wildman–Crippen MR) is 70.3 cm³/mol. The molecule has 0 aliphatic heterocycles. The van der Waals surface area contributed by atoms with Crippen molar-refractivity contribution in [3.05, 3.63) is 42.0 Å². The second kappa shape index (κ2) is 3.77. The second-order valence-corrected chi connectivity index (χ2v) is 4.22. The quantitative estimate of drug-likeness (QED) is 0.506. The number of oxazole rings is 1. The van der Waals surface area contributed by atoms with Gasteiger partial charge in [-0.15, -0.1) is 0 Å². The minimum absolute atomic E-state index is 0.149. The average Bonchev–Trinajstić information content (AvgIpc) is 2.77. The summed E-state index contributed by atoms with van der Waals surface area (Å²) < 4.78 is 5.62. The van der Waals surface area contributed by atoms with Crippen LogP contribution in [0, 0.1) is 6.92 Å². The number of para-hydroxylation sites is 2. The Balaban J connectivity index is 2.26. The Bertz CT molecular complexity index is 699. The van der Waals surface area contributed by atoms with Crippen LogP contribution in [0.4, 0.5) is 5.69 Å². The van der Waals surface area contributed by atoms with Crippen LogP contribution >= 0.6 is 0 Å². The third kappa shape index (κ3) is 1.59. The monoisotopic (exact) mass is 240 g/mol. The molecule has 0 aliphatic carbocycles. The minimum atomic E-state index is 0.149. The molecule has 4 heteroatoms. The fourth-order valence-corrected chi connectivity index (χ4v) is 1.96. The molecule has 0 radical (unpaired) electrons. The van der Waals surface area contributed by atoms with E-state index < -0.39 is 0 Å². The van der Waals surface area contributed by atoms with Crippen molar-refractivity contribution < 1.29 is 9.52 Å². The van der Waals surface area contributed by atoms with Crippen LogP contribution in [0.15, 0.2) is 40.8 Å². The molecular weight excluding hydrogens is 228 g/mol. The van der Waals surface area contributed by atoms with E-state index in [-0.39, 0.29) is 5.75 Å². The van der Waals surface area contributed by atoms with Gasteiger partial charge in [-0.3, -0.25) is 0 Å². The van der Waals surface area contributed by atoms with Crippen molar-refractivity contribution in [2.45, 2.75) is 6.92 Å². The molecule has 0 fully saturated rings. The molecule has 0 aliphatic rings. The van der Waals surface area contributed by atoms with E-state index >= 15 is 0 Å². The van der Waals surface area contributed by atoms with Crippen LogP contribution in [-0.2, 0) is 0 Å². The smallest absolute Gasteiger partial charge is 0.231 e. The number of aromatic hydroxyl groups is 1. The van der Waals surface area contributed by atoms with Crippen LogP contribution in [0.1, 0.15) is 5.56 Å². The van der Waals surface area contributed by atoms with Crippen LogP contribution in [0.5, 0.6) is 5.75 Å². The summed E-state index contributed by atoms with van der Waals surface area (Å²) in [6, 6.07) is 10.8. The first-order valence-electron chi connectivity index (χ1n) is 5.60. The van der Waals surface area contributed by atoms with Gasteiger partial charge in [0.1, 0.15) is 11.3 Å². The second-order valence-electron chi connectivity index (χ2n) is 4.22.